The summed E-state index contributed by atoms with van der Waals surface area (Å²) in [5.41, 5.74) is 3.55. The number of nitrogens with one attached hydrogen (secondary N) is 2. The quantitative estimate of drug-likeness (QED) is 0.915. The highest BCUT2D eigenvalue weighted by molar-refractivity contribution is 5.97. The number of rotatable bonds is 3. The van der Waals surface area contributed by atoms with Gasteiger partial charge in [-0.15, -0.1) is 0 Å². The van der Waals surface area contributed by atoms with Crippen molar-refractivity contribution in [1.29, 1.82) is 0 Å². The topological polar surface area (TPSA) is 58.2 Å². The Bertz CT molecular complexity index is 787. The molecule has 0 bridgehead atoms. The number of fused-ring (bicyclic) bond motifs is 1. The van der Waals surface area contributed by atoms with Gasteiger partial charge >= 0.3 is 0 Å². The molecule has 0 unspecified atom stereocenters. The van der Waals surface area contributed by atoms with Crippen LogP contribution in [0.3, 0.4) is 0 Å². The molecule has 0 aromatic heterocycles. The number of anilines is 1. The lowest BCUT2D eigenvalue weighted by atomic mass is 10.00. The second kappa shape index (κ2) is 6.20. The zero-order valence-corrected chi connectivity index (χ0v) is 12.8. The van der Waals surface area contributed by atoms with E-state index in [-0.39, 0.29) is 24.2 Å². The fraction of sp³-hybridized carbons (Fsp3) is 0.222. The number of aryl methyl sites for hydroxylation is 2. The molecule has 5 heteroatoms. The second-order valence-corrected chi connectivity index (χ2v) is 5.69. The van der Waals surface area contributed by atoms with E-state index in [0.717, 1.165) is 11.3 Å². The Morgan fingerprint density at radius 2 is 2.04 bits per heavy atom. The van der Waals surface area contributed by atoms with Crippen molar-refractivity contribution < 1.29 is 14.0 Å². The fourth-order valence-corrected chi connectivity index (χ4v) is 2.56. The molecule has 2 aromatic carbocycles. The molecule has 2 amide bonds. The standard InChI is InChI=1S/C18H17FN2O2/c1-11-2-3-12(8-15(11)19)10-20-18(23)14-4-6-16-13(9-14)5-7-17(22)21-16/h2-4,6,8-9H,5,7,10H2,1H3,(H,20,23)(H,21,22). The third-order valence-electron chi connectivity index (χ3n) is 3.95. The third-order valence-corrected chi connectivity index (χ3v) is 3.95. The largest absolute Gasteiger partial charge is 0.348 e. The minimum Gasteiger partial charge on any atom is -0.348 e. The maximum Gasteiger partial charge on any atom is 0.251 e. The molecule has 1 aliphatic rings. The summed E-state index contributed by atoms with van der Waals surface area (Å²) < 4.78 is 13.5. The third kappa shape index (κ3) is 3.39. The minimum atomic E-state index is -0.277. The molecule has 0 saturated heterocycles. The van der Waals surface area contributed by atoms with Crippen molar-refractivity contribution in [3.63, 3.8) is 0 Å². The first-order chi connectivity index (χ1) is 11.0. The van der Waals surface area contributed by atoms with Crippen molar-refractivity contribution in [3.05, 3.63) is 64.5 Å². The number of hydrogen-bond acceptors (Lipinski definition) is 2. The molecule has 1 heterocycles. The Morgan fingerprint density at radius 1 is 1.22 bits per heavy atom. The molecule has 0 atom stereocenters. The van der Waals surface area contributed by atoms with E-state index in [1.807, 2.05) is 0 Å². The molecule has 23 heavy (non-hydrogen) atoms. The van der Waals surface area contributed by atoms with Crippen molar-refractivity contribution >= 4 is 17.5 Å². The summed E-state index contributed by atoms with van der Waals surface area (Å²) in [6.07, 6.45) is 1.06. The summed E-state index contributed by atoms with van der Waals surface area (Å²) in [6.45, 7) is 1.97. The zero-order valence-electron chi connectivity index (χ0n) is 12.8. The van der Waals surface area contributed by atoms with Gasteiger partial charge in [-0.2, -0.15) is 0 Å². The number of amides is 2. The van der Waals surface area contributed by atoms with Gasteiger partial charge in [-0.3, -0.25) is 9.59 Å². The highest BCUT2D eigenvalue weighted by Crippen LogP contribution is 2.23. The SMILES string of the molecule is Cc1ccc(CNC(=O)c2ccc3c(c2)CCC(=O)N3)cc1F. The van der Waals surface area contributed by atoms with Gasteiger partial charge in [0.25, 0.3) is 5.91 Å². The molecule has 2 aromatic rings. The van der Waals surface area contributed by atoms with Crippen LogP contribution in [0.2, 0.25) is 0 Å². The second-order valence-electron chi connectivity index (χ2n) is 5.69. The van der Waals surface area contributed by atoms with Crippen LogP contribution in [0.5, 0.6) is 0 Å². The van der Waals surface area contributed by atoms with Gasteiger partial charge in [0.05, 0.1) is 0 Å². The molecular weight excluding hydrogens is 295 g/mol. The number of hydrogen-bond donors (Lipinski definition) is 2. The molecule has 1 aliphatic heterocycles. The van der Waals surface area contributed by atoms with E-state index in [2.05, 4.69) is 10.6 Å². The Hall–Kier alpha value is -2.69. The first-order valence-electron chi connectivity index (χ1n) is 7.49. The Kier molecular flexibility index (Phi) is 4.10. The Labute approximate surface area is 133 Å². The maximum absolute atomic E-state index is 13.5. The number of carbonyl (C=O) groups excluding carboxylic acids is 2. The number of halogens is 1. The van der Waals surface area contributed by atoms with Crippen LogP contribution in [0.1, 0.15) is 33.5 Å². The predicted octanol–water partition coefficient (Wildman–Crippen LogP) is 2.95. The van der Waals surface area contributed by atoms with Gasteiger partial charge in [0.2, 0.25) is 5.91 Å². The van der Waals surface area contributed by atoms with Crippen molar-refractivity contribution in [2.24, 2.45) is 0 Å². The maximum atomic E-state index is 13.5. The highest BCUT2D eigenvalue weighted by atomic mass is 19.1. The van der Waals surface area contributed by atoms with E-state index in [0.29, 0.717) is 29.5 Å². The van der Waals surface area contributed by atoms with E-state index < -0.39 is 0 Å². The molecule has 2 N–H and O–H groups in total. The van der Waals surface area contributed by atoms with E-state index >= 15 is 0 Å². The molecule has 118 valence electrons. The summed E-state index contributed by atoms with van der Waals surface area (Å²) in [5, 5.41) is 5.57. The summed E-state index contributed by atoms with van der Waals surface area (Å²) in [7, 11) is 0. The zero-order chi connectivity index (χ0) is 16.4. The molecule has 0 radical (unpaired) electrons. The predicted molar refractivity (Wildman–Crippen MR) is 85.7 cm³/mol. The van der Waals surface area contributed by atoms with Crippen molar-refractivity contribution in [2.75, 3.05) is 5.32 Å². The minimum absolute atomic E-state index is 0.00361. The summed E-state index contributed by atoms with van der Waals surface area (Å²) in [5.74, 6) is -0.497. The van der Waals surface area contributed by atoms with Gasteiger partial charge in [-0.25, -0.2) is 4.39 Å². The average Bonchev–Trinajstić information content (AvgIpc) is 2.55. The van der Waals surface area contributed by atoms with Gasteiger partial charge in [0, 0.05) is 24.2 Å². The smallest absolute Gasteiger partial charge is 0.251 e. The van der Waals surface area contributed by atoms with Crippen LogP contribution in [0.25, 0.3) is 0 Å². The summed E-state index contributed by atoms with van der Waals surface area (Å²) in [6, 6.07) is 10.1. The Balaban J connectivity index is 1.68. The van der Waals surface area contributed by atoms with Crippen LogP contribution < -0.4 is 10.6 Å². The molecule has 4 nitrogen and oxygen atoms in total. The van der Waals surface area contributed by atoms with E-state index in [4.69, 9.17) is 0 Å². The fourth-order valence-electron chi connectivity index (χ4n) is 2.56. The number of benzene rings is 2. The Morgan fingerprint density at radius 3 is 2.83 bits per heavy atom. The summed E-state index contributed by atoms with van der Waals surface area (Å²) >= 11 is 0. The van der Waals surface area contributed by atoms with Gasteiger partial charge in [0.1, 0.15) is 5.82 Å². The molecule has 3 rings (SSSR count). The molecule has 0 saturated carbocycles. The first kappa shape index (κ1) is 15.2. The van der Waals surface area contributed by atoms with E-state index in [1.54, 1.807) is 37.3 Å². The molecule has 0 aliphatic carbocycles. The highest BCUT2D eigenvalue weighted by Gasteiger charge is 2.16. The lowest BCUT2D eigenvalue weighted by Gasteiger charge is -2.17. The molecule has 0 fully saturated rings. The monoisotopic (exact) mass is 312 g/mol. The number of carbonyl (C=O) groups is 2. The van der Waals surface area contributed by atoms with Gasteiger partial charge in [-0.05, 0) is 54.3 Å². The first-order valence-corrected chi connectivity index (χ1v) is 7.49. The van der Waals surface area contributed by atoms with Gasteiger partial charge < -0.3 is 10.6 Å². The normalized spacial score (nSPS) is 13.2. The average molecular weight is 312 g/mol. The van der Waals surface area contributed by atoms with Gasteiger partial charge in [0.15, 0.2) is 0 Å². The van der Waals surface area contributed by atoms with Crippen LogP contribution >= 0.6 is 0 Å². The van der Waals surface area contributed by atoms with Crippen molar-refractivity contribution in [3.8, 4) is 0 Å². The van der Waals surface area contributed by atoms with Crippen LogP contribution in [0.15, 0.2) is 36.4 Å². The lowest BCUT2D eigenvalue weighted by Crippen LogP contribution is -2.24. The van der Waals surface area contributed by atoms with Crippen LogP contribution in [0, 0.1) is 12.7 Å². The van der Waals surface area contributed by atoms with E-state index in [1.165, 1.54) is 6.07 Å². The molecule has 0 spiro atoms. The van der Waals surface area contributed by atoms with Crippen LogP contribution in [0.4, 0.5) is 10.1 Å². The van der Waals surface area contributed by atoms with Crippen LogP contribution in [-0.2, 0) is 17.8 Å². The van der Waals surface area contributed by atoms with Crippen LogP contribution in [-0.4, -0.2) is 11.8 Å². The summed E-state index contributed by atoms with van der Waals surface area (Å²) in [4.78, 5) is 23.6. The van der Waals surface area contributed by atoms with Crippen molar-refractivity contribution in [1.82, 2.24) is 5.32 Å². The van der Waals surface area contributed by atoms with E-state index in [9.17, 15) is 14.0 Å². The lowest BCUT2D eigenvalue weighted by molar-refractivity contribution is -0.116. The molecular formula is C18H17FN2O2. The van der Waals surface area contributed by atoms with Gasteiger partial charge in [-0.1, -0.05) is 12.1 Å². The van der Waals surface area contributed by atoms with Crippen molar-refractivity contribution in [2.45, 2.75) is 26.3 Å².